The van der Waals surface area contributed by atoms with Gasteiger partial charge in [-0.1, -0.05) is 30.0 Å². The topological polar surface area (TPSA) is 127 Å². The van der Waals surface area contributed by atoms with Gasteiger partial charge in [0.05, 0.1) is 16.3 Å². The quantitative estimate of drug-likeness (QED) is 0.341. The van der Waals surface area contributed by atoms with E-state index in [-0.39, 0.29) is 27.7 Å². The molecule has 0 aliphatic carbocycles. The van der Waals surface area contributed by atoms with E-state index >= 15 is 0 Å². The first kappa shape index (κ1) is 23.0. The molecular weight excluding hydrogens is 482 g/mol. The number of nitrogens with zero attached hydrogens (tertiary/aromatic N) is 3. The van der Waals surface area contributed by atoms with Gasteiger partial charge in [-0.05, 0) is 50.2 Å². The summed E-state index contributed by atoms with van der Waals surface area (Å²) >= 11 is 2.54. The summed E-state index contributed by atoms with van der Waals surface area (Å²) in [5.74, 6) is 0.143. The number of rotatable bonds is 8. The number of sulfonamides is 1. The zero-order valence-electron chi connectivity index (χ0n) is 17.6. The second-order valence-electron chi connectivity index (χ2n) is 6.87. The number of thioether (sulfide) groups is 1. The van der Waals surface area contributed by atoms with Crippen molar-refractivity contribution in [3.63, 3.8) is 0 Å². The fraction of sp³-hybridized carbons (Fsp3) is 0.143. The molecule has 0 aliphatic heterocycles. The summed E-state index contributed by atoms with van der Waals surface area (Å²) in [5.41, 5.74) is 1.92. The molecule has 1 amide bonds. The average molecular weight is 502 g/mol. The lowest BCUT2D eigenvalue weighted by Crippen LogP contribution is -2.13. The Morgan fingerprint density at radius 2 is 1.79 bits per heavy atom. The van der Waals surface area contributed by atoms with Crippen molar-refractivity contribution in [2.45, 2.75) is 24.0 Å². The van der Waals surface area contributed by atoms with Gasteiger partial charge in [-0.2, -0.15) is 0 Å². The van der Waals surface area contributed by atoms with Crippen molar-refractivity contribution in [2.24, 2.45) is 0 Å². The van der Waals surface area contributed by atoms with Crippen molar-refractivity contribution in [1.29, 1.82) is 0 Å². The van der Waals surface area contributed by atoms with Crippen LogP contribution in [-0.2, 0) is 14.8 Å². The number of aromatic nitrogens is 3. The molecule has 0 saturated carbocycles. The minimum atomic E-state index is -3.67. The molecule has 0 saturated heterocycles. The Kier molecular flexibility index (Phi) is 6.77. The van der Waals surface area contributed by atoms with Gasteiger partial charge < -0.3 is 9.73 Å². The van der Waals surface area contributed by atoms with Gasteiger partial charge in [-0.25, -0.2) is 13.4 Å². The number of carbonyl (C=O) groups is 1. The summed E-state index contributed by atoms with van der Waals surface area (Å²) in [7, 11) is -3.67. The SMILES string of the molecule is Cc1nc(NC(=O)CSc2nnc(-c3ccc(NS(=O)(=O)c4ccccc4)cc3)o2)sc1C. The Labute approximate surface area is 198 Å². The second-order valence-corrected chi connectivity index (χ2v) is 10.7. The van der Waals surface area contributed by atoms with Gasteiger partial charge in [0.25, 0.3) is 15.2 Å². The minimum Gasteiger partial charge on any atom is -0.411 e. The van der Waals surface area contributed by atoms with E-state index in [9.17, 15) is 13.2 Å². The van der Waals surface area contributed by atoms with E-state index in [1.165, 1.54) is 23.5 Å². The Balaban J connectivity index is 1.35. The molecule has 0 fully saturated rings. The molecule has 0 atom stereocenters. The fourth-order valence-electron chi connectivity index (χ4n) is 2.69. The van der Waals surface area contributed by atoms with Crippen LogP contribution in [0.5, 0.6) is 0 Å². The molecule has 0 aliphatic rings. The van der Waals surface area contributed by atoms with Gasteiger partial charge in [0.1, 0.15) is 0 Å². The van der Waals surface area contributed by atoms with Gasteiger partial charge in [-0.15, -0.1) is 21.5 Å². The standard InChI is InChI=1S/C21H19N5O4S3/c1-13-14(2)32-20(22-13)23-18(27)12-31-21-25-24-19(30-21)15-8-10-16(11-9-15)26-33(28,29)17-6-4-3-5-7-17/h3-11,26H,12H2,1-2H3,(H,22,23,27). The molecule has 4 rings (SSSR count). The normalized spacial score (nSPS) is 11.3. The molecule has 12 heteroatoms. The molecule has 2 N–H and O–H groups in total. The molecule has 0 bridgehead atoms. The smallest absolute Gasteiger partial charge is 0.277 e. The summed E-state index contributed by atoms with van der Waals surface area (Å²) < 4.78 is 33.0. The minimum absolute atomic E-state index is 0.0967. The zero-order chi connectivity index (χ0) is 23.4. The van der Waals surface area contributed by atoms with Crippen LogP contribution in [0.15, 0.2) is 69.1 Å². The molecule has 33 heavy (non-hydrogen) atoms. The Bertz CT molecular complexity index is 1350. The van der Waals surface area contributed by atoms with E-state index in [1.54, 1.807) is 42.5 Å². The second kappa shape index (κ2) is 9.73. The molecular formula is C21H19N5O4S3. The molecule has 0 spiro atoms. The van der Waals surface area contributed by atoms with Crippen LogP contribution in [0.2, 0.25) is 0 Å². The molecule has 170 valence electrons. The number of nitrogens with one attached hydrogen (secondary N) is 2. The summed E-state index contributed by atoms with van der Waals surface area (Å²) in [6.07, 6.45) is 0. The fourth-order valence-corrected chi connectivity index (χ4v) is 5.16. The van der Waals surface area contributed by atoms with E-state index in [4.69, 9.17) is 4.42 Å². The van der Waals surface area contributed by atoms with E-state index in [0.717, 1.165) is 22.3 Å². The van der Waals surface area contributed by atoms with Gasteiger partial charge in [0, 0.05) is 16.1 Å². The zero-order valence-corrected chi connectivity index (χ0v) is 20.1. The third-order valence-electron chi connectivity index (χ3n) is 4.45. The molecule has 0 radical (unpaired) electrons. The molecule has 2 aromatic carbocycles. The van der Waals surface area contributed by atoms with E-state index in [1.807, 2.05) is 13.8 Å². The van der Waals surface area contributed by atoms with E-state index < -0.39 is 10.0 Å². The lowest BCUT2D eigenvalue weighted by Gasteiger charge is -2.08. The maximum Gasteiger partial charge on any atom is 0.277 e. The van der Waals surface area contributed by atoms with Gasteiger partial charge in [0.2, 0.25) is 11.8 Å². The van der Waals surface area contributed by atoms with Crippen LogP contribution in [-0.4, -0.2) is 35.3 Å². The molecule has 9 nitrogen and oxygen atoms in total. The highest BCUT2D eigenvalue weighted by Crippen LogP contribution is 2.26. The maximum atomic E-state index is 12.4. The van der Waals surface area contributed by atoms with Crippen molar-refractivity contribution in [2.75, 3.05) is 15.8 Å². The number of benzene rings is 2. The van der Waals surface area contributed by atoms with Crippen LogP contribution in [0.3, 0.4) is 0 Å². The number of hydrogen-bond acceptors (Lipinski definition) is 9. The largest absolute Gasteiger partial charge is 0.411 e. The Morgan fingerprint density at radius 3 is 2.45 bits per heavy atom. The predicted molar refractivity (Wildman–Crippen MR) is 128 cm³/mol. The van der Waals surface area contributed by atoms with Crippen LogP contribution >= 0.6 is 23.1 Å². The number of aryl methyl sites for hydroxylation is 2. The van der Waals surface area contributed by atoms with Crippen molar-refractivity contribution in [3.8, 4) is 11.5 Å². The number of amides is 1. The van der Waals surface area contributed by atoms with Crippen molar-refractivity contribution in [3.05, 3.63) is 65.2 Å². The average Bonchev–Trinajstić information content (AvgIpc) is 3.39. The number of anilines is 2. The molecule has 0 unspecified atom stereocenters. The first-order valence-corrected chi connectivity index (χ1v) is 13.0. The van der Waals surface area contributed by atoms with Crippen molar-refractivity contribution in [1.82, 2.24) is 15.2 Å². The third kappa shape index (κ3) is 5.78. The molecule has 4 aromatic rings. The van der Waals surface area contributed by atoms with Crippen LogP contribution in [0.25, 0.3) is 11.5 Å². The van der Waals surface area contributed by atoms with Gasteiger partial charge in [-0.3, -0.25) is 9.52 Å². The van der Waals surface area contributed by atoms with E-state index in [2.05, 4.69) is 25.2 Å². The molecule has 2 aromatic heterocycles. The Morgan fingerprint density at radius 1 is 1.06 bits per heavy atom. The number of carbonyl (C=O) groups excluding carboxylic acids is 1. The monoisotopic (exact) mass is 501 g/mol. The maximum absolute atomic E-state index is 12.4. The third-order valence-corrected chi connectivity index (χ3v) is 7.65. The Hall–Kier alpha value is -3.22. The first-order chi connectivity index (χ1) is 15.8. The predicted octanol–water partition coefficient (Wildman–Crippen LogP) is 4.34. The summed E-state index contributed by atoms with van der Waals surface area (Å²) in [4.78, 5) is 17.6. The molecule has 2 heterocycles. The van der Waals surface area contributed by atoms with Crippen LogP contribution in [0, 0.1) is 13.8 Å². The van der Waals surface area contributed by atoms with Gasteiger partial charge in [0.15, 0.2) is 5.13 Å². The van der Waals surface area contributed by atoms with Crippen molar-refractivity contribution >= 4 is 49.8 Å². The first-order valence-electron chi connectivity index (χ1n) is 9.69. The lowest BCUT2D eigenvalue weighted by molar-refractivity contribution is -0.113. The van der Waals surface area contributed by atoms with Crippen LogP contribution < -0.4 is 10.0 Å². The highest BCUT2D eigenvalue weighted by molar-refractivity contribution is 7.99. The summed E-state index contributed by atoms with van der Waals surface area (Å²) in [6.45, 7) is 3.84. The highest BCUT2D eigenvalue weighted by atomic mass is 32.2. The lowest BCUT2D eigenvalue weighted by atomic mass is 10.2. The number of hydrogen-bond donors (Lipinski definition) is 2. The summed E-state index contributed by atoms with van der Waals surface area (Å²) in [5, 5.41) is 11.5. The van der Waals surface area contributed by atoms with Crippen LogP contribution in [0.4, 0.5) is 10.8 Å². The van der Waals surface area contributed by atoms with Crippen LogP contribution in [0.1, 0.15) is 10.6 Å². The number of thiazole rings is 1. The van der Waals surface area contributed by atoms with Gasteiger partial charge >= 0.3 is 0 Å². The summed E-state index contributed by atoms with van der Waals surface area (Å²) in [6, 6.07) is 14.7. The highest BCUT2D eigenvalue weighted by Gasteiger charge is 2.15. The van der Waals surface area contributed by atoms with E-state index in [0.29, 0.717) is 16.4 Å². The van der Waals surface area contributed by atoms with Crippen molar-refractivity contribution < 1.29 is 17.6 Å².